The Labute approximate surface area is 157 Å². The monoisotopic (exact) mass is 411 g/mol. The fourth-order valence-electron chi connectivity index (χ4n) is 2.37. The number of aromatic nitrogens is 4. The van der Waals surface area contributed by atoms with Crippen LogP contribution in [-0.4, -0.2) is 38.8 Å². The van der Waals surface area contributed by atoms with Gasteiger partial charge in [0.05, 0.1) is 15.5 Å². The van der Waals surface area contributed by atoms with Gasteiger partial charge in [-0.3, -0.25) is 10.1 Å². The standard InChI is InChI=1S/C14H13N5O4S3/c1-8-13(19(20)21)9(2)18(17-8)26(22,23)12-5-4-11(25-12)10-6-7-15-14(16-10)24-3/h4-7H,1-3H3. The van der Waals surface area contributed by atoms with E-state index < -0.39 is 14.9 Å². The van der Waals surface area contributed by atoms with E-state index >= 15 is 0 Å². The van der Waals surface area contributed by atoms with E-state index in [9.17, 15) is 18.5 Å². The molecule has 26 heavy (non-hydrogen) atoms. The first-order chi connectivity index (χ1) is 12.3. The number of thioether (sulfide) groups is 1. The molecule has 3 aromatic heterocycles. The molecule has 0 spiro atoms. The summed E-state index contributed by atoms with van der Waals surface area (Å²) in [5.41, 5.74) is 0.323. The summed E-state index contributed by atoms with van der Waals surface area (Å²) in [7, 11) is -4.04. The number of thiophene rings is 1. The van der Waals surface area contributed by atoms with Gasteiger partial charge >= 0.3 is 5.69 Å². The van der Waals surface area contributed by atoms with Gasteiger partial charge in [-0.1, -0.05) is 11.8 Å². The minimum atomic E-state index is -4.04. The van der Waals surface area contributed by atoms with Crippen LogP contribution >= 0.6 is 23.1 Å². The zero-order valence-corrected chi connectivity index (χ0v) is 16.4. The SMILES string of the molecule is CSc1nccc(-c2ccc(S(=O)(=O)n3nc(C)c([N+](=O)[O-])c3C)s2)n1. The molecule has 136 valence electrons. The highest BCUT2D eigenvalue weighted by Gasteiger charge is 2.30. The van der Waals surface area contributed by atoms with Crippen LogP contribution in [0.1, 0.15) is 11.4 Å². The fourth-order valence-corrected chi connectivity index (χ4v) is 5.42. The molecule has 3 rings (SSSR count). The van der Waals surface area contributed by atoms with Crippen LogP contribution in [0.3, 0.4) is 0 Å². The Morgan fingerprint density at radius 3 is 2.62 bits per heavy atom. The molecule has 0 amide bonds. The van der Waals surface area contributed by atoms with E-state index in [1.807, 2.05) is 6.26 Å². The Hall–Kier alpha value is -2.31. The van der Waals surface area contributed by atoms with Gasteiger partial charge in [-0.2, -0.15) is 17.6 Å². The van der Waals surface area contributed by atoms with Crippen LogP contribution in [0.4, 0.5) is 5.69 Å². The van der Waals surface area contributed by atoms with Crippen molar-refractivity contribution in [2.75, 3.05) is 6.26 Å². The Bertz CT molecular complexity index is 1100. The number of aryl methyl sites for hydroxylation is 1. The van der Waals surface area contributed by atoms with Gasteiger partial charge in [0.25, 0.3) is 10.0 Å². The van der Waals surface area contributed by atoms with E-state index in [2.05, 4.69) is 15.1 Å². The summed E-state index contributed by atoms with van der Waals surface area (Å²) in [6.45, 7) is 2.77. The second kappa shape index (κ2) is 6.78. The van der Waals surface area contributed by atoms with Crippen LogP contribution in [0.25, 0.3) is 10.6 Å². The van der Waals surface area contributed by atoms with Gasteiger partial charge in [-0.25, -0.2) is 9.97 Å². The smallest absolute Gasteiger partial charge is 0.258 e. The highest BCUT2D eigenvalue weighted by atomic mass is 32.2. The summed E-state index contributed by atoms with van der Waals surface area (Å²) in [5, 5.41) is 15.5. The largest absolute Gasteiger partial charge is 0.314 e. The zero-order chi connectivity index (χ0) is 19.1. The lowest BCUT2D eigenvalue weighted by molar-refractivity contribution is -0.386. The molecule has 0 aliphatic heterocycles. The second-order valence-electron chi connectivity index (χ2n) is 5.17. The Kier molecular flexibility index (Phi) is 4.82. The Balaban J connectivity index is 2.06. The minimum Gasteiger partial charge on any atom is -0.258 e. The topological polar surface area (TPSA) is 121 Å². The molecule has 0 aromatic carbocycles. The Morgan fingerprint density at radius 1 is 1.27 bits per heavy atom. The van der Waals surface area contributed by atoms with Gasteiger partial charge < -0.3 is 0 Å². The normalized spacial score (nSPS) is 11.7. The average molecular weight is 411 g/mol. The van der Waals surface area contributed by atoms with Gasteiger partial charge in [0.2, 0.25) is 0 Å². The molecule has 3 aromatic rings. The molecule has 0 bridgehead atoms. The minimum absolute atomic E-state index is 0.0253. The quantitative estimate of drug-likeness (QED) is 0.272. The maximum absolute atomic E-state index is 12.9. The van der Waals surface area contributed by atoms with Gasteiger partial charge in [-0.05, 0) is 38.3 Å². The summed E-state index contributed by atoms with van der Waals surface area (Å²) in [6.07, 6.45) is 3.45. The van der Waals surface area contributed by atoms with Gasteiger partial charge in [0.1, 0.15) is 15.6 Å². The van der Waals surface area contributed by atoms with Crippen molar-refractivity contribution < 1.29 is 13.3 Å². The number of hydrogen-bond donors (Lipinski definition) is 0. The van der Waals surface area contributed by atoms with E-state index in [1.54, 1.807) is 18.3 Å². The third-order valence-corrected chi connectivity index (χ3v) is 7.33. The third kappa shape index (κ3) is 3.10. The van der Waals surface area contributed by atoms with Crippen molar-refractivity contribution in [2.45, 2.75) is 23.2 Å². The summed E-state index contributed by atoms with van der Waals surface area (Å²) in [5.74, 6) is 0. The molecular weight excluding hydrogens is 398 g/mol. The van der Waals surface area contributed by atoms with E-state index in [-0.39, 0.29) is 21.3 Å². The van der Waals surface area contributed by atoms with Crippen molar-refractivity contribution in [1.29, 1.82) is 0 Å². The van der Waals surface area contributed by atoms with Crippen LogP contribution in [0, 0.1) is 24.0 Å². The summed E-state index contributed by atoms with van der Waals surface area (Å²) in [6, 6.07) is 4.78. The van der Waals surface area contributed by atoms with Crippen molar-refractivity contribution >= 4 is 38.8 Å². The average Bonchev–Trinajstić information content (AvgIpc) is 3.20. The highest BCUT2D eigenvalue weighted by Crippen LogP contribution is 2.33. The molecule has 0 N–H and O–H groups in total. The van der Waals surface area contributed by atoms with Gasteiger partial charge in [0.15, 0.2) is 5.16 Å². The number of rotatable bonds is 5. The lowest BCUT2D eigenvalue weighted by Gasteiger charge is -2.03. The fraction of sp³-hybridized carbons (Fsp3) is 0.214. The third-order valence-electron chi connectivity index (χ3n) is 3.53. The molecule has 0 saturated carbocycles. The molecule has 0 fully saturated rings. The van der Waals surface area contributed by atoms with Crippen molar-refractivity contribution in [3.63, 3.8) is 0 Å². The molecule has 0 aliphatic carbocycles. The van der Waals surface area contributed by atoms with E-state index in [1.165, 1.54) is 31.7 Å². The maximum atomic E-state index is 12.9. The molecule has 0 aliphatic rings. The second-order valence-corrected chi connectivity index (χ2v) is 9.02. The van der Waals surface area contributed by atoms with Crippen LogP contribution in [0.15, 0.2) is 33.8 Å². The van der Waals surface area contributed by atoms with Crippen molar-refractivity contribution in [3.8, 4) is 10.6 Å². The maximum Gasteiger partial charge on any atom is 0.314 e. The van der Waals surface area contributed by atoms with E-state index in [4.69, 9.17) is 0 Å². The zero-order valence-electron chi connectivity index (χ0n) is 13.9. The lowest BCUT2D eigenvalue weighted by Crippen LogP contribution is -2.15. The van der Waals surface area contributed by atoms with Crippen LogP contribution in [-0.2, 0) is 10.0 Å². The number of nitrogens with zero attached hydrogens (tertiary/aromatic N) is 5. The molecule has 0 saturated heterocycles. The molecular formula is C14H13N5O4S3. The van der Waals surface area contributed by atoms with Crippen molar-refractivity contribution in [1.82, 2.24) is 19.2 Å². The first-order valence-electron chi connectivity index (χ1n) is 7.19. The predicted octanol–water partition coefficient (Wildman–Crippen LogP) is 2.89. The number of nitro groups is 1. The summed E-state index contributed by atoms with van der Waals surface area (Å²) in [4.78, 5) is 19.6. The van der Waals surface area contributed by atoms with E-state index in [0.29, 0.717) is 19.8 Å². The molecule has 0 radical (unpaired) electrons. The summed E-state index contributed by atoms with van der Waals surface area (Å²) >= 11 is 2.40. The lowest BCUT2D eigenvalue weighted by atomic mass is 10.3. The first kappa shape index (κ1) is 18.5. The molecule has 9 nitrogen and oxygen atoms in total. The van der Waals surface area contributed by atoms with Gasteiger partial charge in [-0.15, -0.1) is 11.3 Å². The summed E-state index contributed by atoms with van der Waals surface area (Å²) < 4.78 is 26.5. The van der Waals surface area contributed by atoms with Crippen LogP contribution < -0.4 is 0 Å². The molecule has 0 unspecified atom stereocenters. The van der Waals surface area contributed by atoms with Crippen molar-refractivity contribution in [3.05, 3.63) is 45.9 Å². The Morgan fingerprint density at radius 2 is 2.00 bits per heavy atom. The molecule has 3 heterocycles. The molecule has 0 atom stereocenters. The number of hydrogen-bond acceptors (Lipinski definition) is 9. The van der Waals surface area contributed by atoms with Crippen LogP contribution in [0.2, 0.25) is 0 Å². The predicted molar refractivity (Wildman–Crippen MR) is 98.1 cm³/mol. The molecule has 12 heteroatoms. The van der Waals surface area contributed by atoms with Gasteiger partial charge in [0, 0.05) is 6.20 Å². The van der Waals surface area contributed by atoms with E-state index in [0.717, 1.165) is 11.3 Å². The first-order valence-corrected chi connectivity index (χ1v) is 10.7. The highest BCUT2D eigenvalue weighted by molar-refractivity contribution is 7.98. The van der Waals surface area contributed by atoms with Crippen molar-refractivity contribution in [2.24, 2.45) is 0 Å². The van der Waals surface area contributed by atoms with Crippen LogP contribution in [0.5, 0.6) is 0 Å².